The molecule has 2 aliphatic rings. The van der Waals surface area contributed by atoms with Gasteiger partial charge in [0.15, 0.2) is 0 Å². The molecule has 1 aliphatic heterocycles. The van der Waals surface area contributed by atoms with Gasteiger partial charge in [-0.05, 0) is 43.5 Å². The SMILES string of the molecule is O=C(CCCN1C(=O)NC2(CCCC2)C1=O)Nc1cccc2ncccc12. The highest BCUT2D eigenvalue weighted by molar-refractivity contribution is 6.07. The second-order valence-corrected chi connectivity index (χ2v) is 7.20. The Kier molecular flexibility index (Phi) is 4.51. The first-order valence-electron chi connectivity index (χ1n) is 9.37. The van der Waals surface area contributed by atoms with E-state index in [0.29, 0.717) is 24.9 Å². The van der Waals surface area contributed by atoms with Crippen molar-refractivity contribution in [3.05, 3.63) is 36.5 Å². The third kappa shape index (κ3) is 3.25. The van der Waals surface area contributed by atoms with Gasteiger partial charge in [0.1, 0.15) is 5.54 Å². The number of hydrogen-bond donors (Lipinski definition) is 2. The Labute approximate surface area is 157 Å². The van der Waals surface area contributed by atoms with Gasteiger partial charge in [0.25, 0.3) is 5.91 Å². The number of pyridine rings is 1. The van der Waals surface area contributed by atoms with Crippen LogP contribution in [0.25, 0.3) is 10.9 Å². The Hall–Kier alpha value is -2.96. The maximum atomic E-state index is 12.6. The molecule has 2 N–H and O–H groups in total. The van der Waals surface area contributed by atoms with E-state index in [1.807, 2.05) is 30.3 Å². The van der Waals surface area contributed by atoms with Gasteiger partial charge in [-0.25, -0.2) is 4.79 Å². The predicted molar refractivity (Wildman–Crippen MR) is 101 cm³/mol. The summed E-state index contributed by atoms with van der Waals surface area (Å²) in [6.45, 7) is 0.261. The molecule has 2 heterocycles. The molecule has 1 saturated carbocycles. The fourth-order valence-corrected chi connectivity index (χ4v) is 4.02. The molecule has 7 heteroatoms. The second-order valence-electron chi connectivity index (χ2n) is 7.20. The minimum atomic E-state index is -0.685. The normalized spacial score (nSPS) is 18.3. The number of amides is 4. The Morgan fingerprint density at radius 3 is 2.81 bits per heavy atom. The fraction of sp³-hybridized carbons (Fsp3) is 0.400. The molecule has 1 aromatic heterocycles. The van der Waals surface area contributed by atoms with Crippen molar-refractivity contribution in [2.45, 2.75) is 44.1 Å². The summed E-state index contributed by atoms with van der Waals surface area (Å²) in [6, 6.07) is 8.98. The number of anilines is 1. The smallest absolute Gasteiger partial charge is 0.325 e. The molecule has 1 aliphatic carbocycles. The summed E-state index contributed by atoms with van der Waals surface area (Å²) in [4.78, 5) is 42.6. The molecule has 0 unspecified atom stereocenters. The molecule has 0 atom stereocenters. The number of nitrogens with zero attached hydrogens (tertiary/aromatic N) is 2. The van der Waals surface area contributed by atoms with Crippen LogP contribution in [0.5, 0.6) is 0 Å². The molecule has 7 nitrogen and oxygen atoms in total. The quantitative estimate of drug-likeness (QED) is 0.796. The number of urea groups is 1. The average Bonchev–Trinajstić information content (AvgIpc) is 3.22. The summed E-state index contributed by atoms with van der Waals surface area (Å²) in [5.41, 5.74) is 0.844. The Balaban J connectivity index is 1.33. The lowest BCUT2D eigenvalue weighted by molar-refractivity contribution is -0.131. The highest BCUT2D eigenvalue weighted by Crippen LogP contribution is 2.35. The molecule has 0 radical (unpaired) electrons. The Morgan fingerprint density at radius 2 is 2.00 bits per heavy atom. The van der Waals surface area contributed by atoms with Crippen LogP contribution in [0.3, 0.4) is 0 Å². The molecule has 27 heavy (non-hydrogen) atoms. The van der Waals surface area contributed by atoms with Gasteiger partial charge in [0, 0.05) is 24.5 Å². The Bertz CT molecular complexity index is 900. The number of aromatic nitrogens is 1. The van der Waals surface area contributed by atoms with E-state index in [4.69, 9.17) is 0 Å². The lowest BCUT2D eigenvalue weighted by Gasteiger charge is -2.19. The summed E-state index contributed by atoms with van der Waals surface area (Å²) in [5, 5.41) is 6.64. The first-order valence-corrected chi connectivity index (χ1v) is 9.37. The van der Waals surface area contributed by atoms with Gasteiger partial charge >= 0.3 is 6.03 Å². The molecular weight excluding hydrogens is 344 g/mol. The number of fused-ring (bicyclic) bond motifs is 1. The van der Waals surface area contributed by atoms with Crippen molar-refractivity contribution in [3.8, 4) is 0 Å². The second kappa shape index (κ2) is 6.98. The van der Waals surface area contributed by atoms with Crippen molar-refractivity contribution in [1.29, 1.82) is 0 Å². The highest BCUT2D eigenvalue weighted by Gasteiger charge is 2.51. The van der Waals surface area contributed by atoms with Gasteiger partial charge in [0.2, 0.25) is 5.91 Å². The maximum Gasteiger partial charge on any atom is 0.325 e. The van der Waals surface area contributed by atoms with Crippen LogP contribution in [0, 0.1) is 0 Å². The molecule has 2 fully saturated rings. The topological polar surface area (TPSA) is 91.4 Å². The average molecular weight is 366 g/mol. The molecule has 4 rings (SSSR count). The summed E-state index contributed by atoms with van der Waals surface area (Å²) in [5.74, 6) is -0.278. The zero-order chi connectivity index (χ0) is 18.9. The van der Waals surface area contributed by atoms with Crippen LogP contribution in [-0.2, 0) is 9.59 Å². The van der Waals surface area contributed by atoms with E-state index in [-0.39, 0.29) is 30.8 Å². The minimum Gasteiger partial charge on any atom is -0.325 e. The zero-order valence-corrected chi connectivity index (χ0v) is 15.0. The molecular formula is C20H22N4O3. The number of hydrogen-bond acceptors (Lipinski definition) is 4. The number of nitrogens with one attached hydrogen (secondary N) is 2. The van der Waals surface area contributed by atoms with Crippen molar-refractivity contribution < 1.29 is 14.4 Å². The van der Waals surface area contributed by atoms with Gasteiger partial charge in [0.05, 0.1) is 11.2 Å². The van der Waals surface area contributed by atoms with Crippen LogP contribution < -0.4 is 10.6 Å². The summed E-state index contributed by atoms with van der Waals surface area (Å²) in [7, 11) is 0. The number of benzene rings is 1. The van der Waals surface area contributed by atoms with Gasteiger partial charge in [-0.3, -0.25) is 19.5 Å². The fourth-order valence-electron chi connectivity index (χ4n) is 4.02. The molecule has 140 valence electrons. The van der Waals surface area contributed by atoms with E-state index in [1.165, 1.54) is 4.90 Å². The van der Waals surface area contributed by atoms with Crippen molar-refractivity contribution in [2.24, 2.45) is 0 Å². The first kappa shape index (κ1) is 17.5. The lowest BCUT2D eigenvalue weighted by atomic mass is 9.98. The standard InChI is InChI=1S/C20H22N4O3/c25-17(22-16-8-3-7-15-14(16)6-4-12-21-15)9-5-13-24-18(26)20(23-19(24)27)10-1-2-11-20/h3-4,6-8,12H,1-2,5,9-11,13H2,(H,22,25)(H,23,27). The summed E-state index contributed by atoms with van der Waals surface area (Å²) < 4.78 is 0. The molecule has 2 aromatic rings. The summed E-state index contributed by atoms with van der Waals surface area (Å²) >= 11 is 0. The molecule has 1 spiro atoms. The van der Waals surface area contributed by atoms with E-state index in [2.05, 4.69) is 15.6 Å². The van der Waals surface area contributed by atoms with Crippen LogP contribution in [-0.4, -0.2) is 39.8 Å². The van der Waals surface area contributed by atoms with Crippen LogP contribution in [0.4, 0.5) is 10.5 Å². The minimum absolute atomic E-state index is 0.134. The van der Waals surface area contributed by atoms with E-state index in [9.17, 15) is 14.4 Å². The third-order valence-corrected chi connectivity index (χ3v) is 5.41. The van der Waals surface area contributed by atoms with E-state index >= 15 is 0 Å². The number of imide groups is 1. The first-order chi connectivity index (χ1) is 13.1. The van der Waals surface area contributed by atoms with Crippen LogP contribution >= 0.6 is 0 Å². The molecule has 1 aromatic carbocycles. The van der Waals surface area contributed by atoms with Gasteiger partial charge in [-0.1, -0.05) is 18.9 Å². The monoisotopic (exact) mass is 366 g/mol. The number of rotatable bonds is 5. The van der Waals surface area contributed by atoms with Crippen molar-refractivity contribution >= 4 is 34.4 Å². The van der Waals surface area contributed by atoms with Gasteiger partial charge in [-0.15, -0.1) is 0 Å². The highest BCUT2D eigenvalue weighted by atomic mass is 16.2. The van der Waals surface area contributed by atoms with E-state index < -0.39 is 5.54 Å². The number of carbonyl (C=O) groups excluding carboxylic acids is 3. The van der Waals surface area contributed by atoms with Crippen molar-refractivity contribution in [1.82, 2.24) is 15.2 Å². The molecule has 0 bridgehead atoms. The molecule has 1 saturated heterocycles. The van der Waals surface area contributed by atoms with E-state index in [0.717, 1.165) is 23.7 Å². The summed E-state index contributed by atoms with van der Waals surface area (Å²) in [6.07, 6.45) is 5.73. The number of carbonyl (C=O) groups is 3. The van der Waals surface area contributed by atoms with Gasteiger partial charge in [-0.2, -0.15) is 0 Å². The van der Waals surface area contributed by atoms with E-state index in [1.54, 1.807) is 6.20 Å². The lowest BCUT2D eigenvalue weighted by Crippen LogP contribution is -2.44. The van der Waals surface area contributed by atoms with Crippen LogP contribution in [0.1, 0.15) is 38.5 Å². The molecule has 4 amide bonds. The zero-order valence-electron chi connectivity index (χ0n) is 15.0. The maximum absolute atomic E-state index is 12.6. The largest absolute Gasteiger partial charge is 0.325 e. The van der Waals surface area contributed by atoms with Crippen molar-refractivity contribution in [3.63, 3.8) is 0 Å². The van der Waals surface area contributed by atoms with Crippen molar-refractivity contribution in [2.75, 3.05) is 11.9 Å². The Morgan fingerprint density at radius 1 is 1.19 bits per heavy atom. The van der Waals surface area contributed by atoms with Gasteiger partial charge < -0.3 is 10.6 Å². The van der Waals surface area contributed by atoms with Crippen LogP contribution in [0.2, 0.25) is 0 Å². The van der Waals surface area contributed by atoms with Crippen LogP contribution in [0.15, 0.2) is 36.5 Å². The third-order valence-electron chi connectivity index (χ3n) is 5.41. The predicted octanol–water partition coefficient (Wildman–Crippen LogP) is 2.82.